The van der Waals surface area contributed by atoms with Gasteiger partial charge in [0.05, 0.1) is 12.2 Å². The summed E-state index contributed by atoms with van der Waals surface area (Å²) in [5, 5.41) is 20.5. The molecule has 0 unspecified atom stereocenters. The Bertz CT molecular complexity index is 620. The second-order valence-corrected chi connectivity index (χ2v) is 11.6. The van der Waals surface area contributed by atoms with Gasteiger partial charge in [-0.2, -0.15) is 0 Å². The Morgan fingerprint density at radius 2 is 1.76 bits per heavy atom. The van der Waals surface area contributed by atoms with Crippen molar-refractivity contribution >= 4 is 5.97 Å². The van der Waals surface area contributed by atoms with E-state index >= 15 is 0 Å². The van der Waals surface area contributed by atoms with E-state index in [1.807, 2.05) is 7.11 Å². The van der Waals surface area contributed by atoms with Gasteiger partial charge in [0.15, 0.2) is 0 Å². The number of hydrogen-bond acceptors (Lipinski definition) is 3. The zero-order valence-electron chi connectivity index (χ0n) is 18.9. The highest BCUT2D eigenvalue weighted by molar-refractivity contribution is 5.66. The first kappa shape index (κ1) is 21.6. The van der Waals surface area contributed by atoms with E-state index < -0.39 is 5.97 Å². The first-order chi connectivity index (χ1) is 13.7. The predicted octanol–water partition coefficient (Wildman–Crippen LogP) is 5.13. The molecule has 29 heavy (non-hydrogen) atoms. The van der Waals surface area contributed by atoms with Gasteiger partial charge in [-0.05, 0) is 104 Å². The van der Waals surface area contributed by atoms with Crippen LogP contribution < -0.4 is 0 Å². The van der Waals surface area contributed by atoms with Crippen LogP contribution in [0.15, 0.2) is 0 Å². The molecule has 0 aromatic rings. The van der Waals surface area contributed by atoms with Crippen LogP contribution in [0.2, 0.25) is 0 Å². The van der Waals surface area contributed by atoms with E-state index in [9.17, 15) is 9.90 Å². The van der Waals surface area contributed by atoms with Gasteiger partial charge in [0.2, 0.25) is 0 Å². The molecule has 0 aromatic carbocycles. The van der Waals surface area contributed by atoms with Gasteiger partial charge < -0.3 is 14.9 Å². The second kappa shape index (κ2) is 7.82. The summed E-state index contributed by atoms with van der Waals surface area (Å²) in [7, 11) is 1.84. The van der Waals surface area contributed by atoms with Gasteiger partial charge in [-0.1, -0.05) is 20.8 Å². The lowest BCUT2D eigenvalue weighted by Gasteiger charge is -2.62. The van der Waals surface area contributed by atoms with E-state index in [-0.39, 0.29) is 17.9 Å². The molecule has 0 spiro atoms. The van der Waals surface area contributed by atoms with Gasteiger partial charge in [-0.3, -0.25) is 4.79 Å². The number of carbonyl (C=O) groups is 1. The van der Waals surface area contributed by atoms with Crippen molar-refractivity contribution in [1.29, 1.82) is 0 Å². The third-order valence-corrected chi connectivity index (χ3v) is 10.5. The third-order valence-electron chi connectivity index (χ3n) is 10.5. The Morgan fingerprint density at radius 3 is 2.45 bits per heavy atom. The van der Waals surface area contributed by atoms with Crippen molar-refractivity contribution in [3.63, 3.8) is 0 Å². The van der Waals surface area contributed by atoms with E-state index in [2.05, 4.69) is 20.8 Å². The van der Waals surface area contributed by atoms with Crippen molar-refractivity contribution in [1.82, 2.24) is 0 Å². The number of carboxylic acids is 1. The van der Waals surface area contributed by atoms with Gasteiger partial charge in [-0.15, -0.1) is 0 Å². The molecule has 0 bridgehead atoms. The first-order valence-corrected chi connectivity index (χ1v) is 12.1. The molecule has 4 rings (SSSR count). The van der Waals surface area contributed by atoms with Crippen molar-refractivity contribution in [2.75, 3.05) is 7.11 Å². The standard InChI is InChI=1S/C25H42O4/c1-15(5-8-22(27)28)18-6-7-19-23-20(10-12-25(18,19)3)24(2)11-9-17(29-4)13-16(24)14-21(23)26/h15-21,23,26H,5-14H2,1-4H3,(H,27,28)/t15-,16+,17-,18-,19+,20+,21+,23+,24+,25-/m1/s1. The number of ether oxygens (including phenoxy) is 1. The summed E-state index contributed by atoms with van der Waals surface area (Å²) >= 11 is 0. The molecule has 4 saturated carbocycles. The van der Waals surface area contributed by atoms with Gasteiger partial charge in [0, 0.05) is 13.5 Å². The zero-order valence-corrected chi connectivity index (χ0v) is 18.9. The minimum absolute atomic E-state index is 0.175. The number of aliphatic hydroxyl groups is 1. The molecule has 166 valence electrons. The smallest absolute Gasteiger partial charge is 0.303 e. The molecule has 10 atom stereocenters. The maximum atomic E-state index is 11.4. The first-order valence-electron chi connectivity index (χ1n) is 12.1. The summed E-state index contributed by atoms with van der Waals surface area (Å²) in [4.78, 5) is 11.1. The Hall–Kier alpha value is -0.610. The average molecular weight is 407 g/mol. The van der Waals surface area contributed by atoms with Gasteiger partial charge in [0.25, 0.3) is 0 Å². The van der Waals surface area contributed by atoms with Crippen LogP contribution >= 0.6 is 0 Å². The quantitative estimate of drug-likeness (QED) is 0.664. The van der Waals surface area contributed by atoms with Crippen LogP contribution in [0.25, 0.3) is 0 Å². The minimum Gasteiger partial charge on any atom is -0.481 e. The number of methoxy groups -OCH3 is 1. The predicted molar refractivity (Wildman–Crippen MR) is 113 cm³/mol. The molecule has 4 nitrogen and oxygen atoms in total. The van der Waals surface area contributed by atoms with Crippen LogP contribution in [-0.4, -0.2) is 35.5 Å². The normalized spacial score (nSPS) is 50.3. The SMILES string of the molecule is CO[C@@H]1CC[C@@]2(C)[C@@H](C1)C[C@H](O)[C@@H]1[C@@H]2CC[C@]2(C)[C@@H]([C@H](C)CCC(=O)O)CC[C@@H]12. The fourth-order valence-corrected chi connectivity index (χ4v) is 8.93. The lowest BCUT2D eigenvalue weighted by molar-refractivity contribution is -0.176. The molecule has 0 aliphatic heterocycles. The fourth-order valence-electron chi connectivity index (χ4n) is 8.93. The number of rotatable bonds is 5. The molecule has 0 saturated heterocycles. The van der Waals surface area contributed by atoms with Crippen molar-refractivity contribution in [2.45, 2.75) is 97.2 Å². The van der Waals surface area contributed by atoms with E-state index in [4.69, 9.17) is 9.84 Å². The van der Waals surface area contributed by atoms with E-state index in [0.717, 1.165) is 19.3 Å². The fraction of sp³-hybridized carbons (Fsp3) is 0.960. The van der Waals surface area contributed by atoms with Crippen LogP contribution in [0.3, 0.4) is 0 Å². The molecule has 4 heteroatoms. The Morgan fingerprint density at radius 1 is 1.07 bits per heavy atom. The van der Waals surface area contributed by atoms with Crippen LogP contribution in [0.5, 0.6) is 0 Å². The van der Waals surface area contributed by atoms with Crippen molar-refractivity contribution < 1.29 is 19.7 Å². The molecular weight excluding hydrogens is 364 g/mol. The number of fused-ring (bicyclic) bond motifs is 5. The minimum atomic E-state index is -0.673. The molecule has 0 amide bonds. The number of aliphatic hydroxyl groups excluding tert-OH is 1. The largest absolute Gasteiger partial charge is 0.481 e. The lowest BCUT2D eigenvalue weighted by Crippen LogP contribution is -2.58. The molecule has 4 fully saturated rings. The van der Waals surface area contributed by atoms with Gasteiger partial charge in [0.1, 0.15) is 0 Å². The number of aliphatic carboxylic acids is 1. The highest BCUT2D eigenvalue weighted by Gasteiger charge is 2.62. The number of hydrogen-bond donors (Lipinski definition) is 2. The van der Waals surface area contributed by atoms with Crippen LogP contribution in [-0.2, 0) is 9.53 Å². The van der Waals surface area contributed by atoms with E-state index in [1.54, 1.807) is 0 Å². The summed E-state index contributed by atoms with van der Waals surface area (Å²) in [5.74, 6) is 2.66. The van der Waals surface area contributed by atoms with Crippen molar-refractivity contribution in [3.05, 3.63) is 0 Å². The van der Waals surface area contributed by atoms with E-state index in [0.29, 0.717) is 47.0 Å². The summed E-state index contributed by atoms with van der Waals surface area (Å²) in [5.41, 5.74) is 0.625. The third kappa shape index (κ3) is 3.46. The summed E-state index contributed by atoms with van der Waals surface area (Å²) in [6.07, 6.45) is 10.7. The zero-order chi connectivity index (χ0) is 21.0. The summed E-state index contributed by atoms with van der Waals surface area (Å²) in [6, 6.07) is 0. The molecule has 2 N–H and O–H groups in total. The van der Waals surface area contributed by atoms with E-state index in [1.165, 1.54) is 38.5 Å². The maximum Gasteiger partial charge on any atom is 0.303 e. The molecule has 0 heterocycles. The molecule has 4 aliphatic rings. The highest BCUT2D eigenvalue weighted by Crippen LogP contribution is 2.68. The topological polar surface area (TPSA) is 66.8 Å². The molecular formula is C25H42O4. The molecule has 0 radical (unpaired) electrons. The second-order valence-electron chi connectivity index (χ2n) is 11.6. The lowest BCUT2D eigenvalue weighted by atomic mass is 9.43. The highest BCUT2D eigenvalue weighted by atomic mass is 16.5. The van der Waals surface area contributed by atoms with Gasteiger partial charge in [-0.25, -0.2) is 0 Å². The van der Waals surface area contributed by atoms with Crippen molar-refractivity contribution in [3.8, 4) is 0 Å². The van der Waals surface area contributed by atoms with Crippen LogP contribution in [0, 0.1) is 46.3 Å². The number of carboxylic acid groups (broad SMARTS) is 1. The Kier molecular flexibility index (Phi) is 5.83. The molecule has 0 aromatic heterocycles. The maximum absolute atomic E-state index is 11.4. The van der Waals surface area contributed by atoms with Crippen LogP contribution in [0.4, 0.5) is 0 Å². The summed E-state index contributed by atoms with van der Waals surface area (Å²) in [6.45, 7) is 7.28. The summed E-state index contributed by atoms with van der Waals surface area (Å²) < 4.78 is 5.70. The van der Waals surface area contributed by atoms with Gasteiger partial charge >= 0.3 is 5.97 Å². The van der Waals surface area contributed by atoms with Crippen LogP contribution in [0.1, 0.15) is 85.0 Å². The Balaban J connectivity index is 1.54. The Labute approximate surface area is 176 Å². The van der Waals surface area contributed by atoms with Crippen molar-refractivity contribution in [2.24, 2.45) is 46.3 Å². The average Bonchev–Trinajstić information content (AvgIpc) is 3.03. The monoisotopic (exact) mass is 406 g/mol. The molecule has 4 aliphatic carbocycles.